The maximum absolute atomic E-state index is 10.1. The fourth-order valence-electron chi connectivity index (χ4n) is 2.03. The van der Waals surface area contributed by atoms with E-state index in [0.29, 0.717) is 0 Å². The minimum absolute atomic E-state index is 0. The van der Waals surface area contributed by atoms with E-state index in [9.17, 15) is 69.3 Å². The van der Waals surface area contributed by atoms with Gasteiger partial charge in [-0.1, -0.05) is 0 Å². The van der Waals surface area contributed by atoms with Gasteiger partial charge in [0.15, 0.2) is 0 Å². The largest absolute Gasteiger partial charge is 2.00 e. The monoisotopic (exact) mass is 668 g/mol. The van der Waals surface area contributed by atoms with E-state index in [-0.39, 0.29) is 98.7 Å². The summed E-state index contributed by atoms with van der Waals surface area (Å²) in [4.78, 5) is 70.0. The predicted molar refractivity (Wildman–Crippen MR) is 112 cm³/mol. The molecule has 0 fully saturated rings. The summed E-state index contributed by atoms with van der Waals surface area (Å²) in [6.45, 7) is -0.863. The van der Waals surface area contributed by atoms with Gasteiger partial charge < -0.3 is 105 Å². The molecule has 43 heavy (non-hydrogen) atoms. The van der Waals surface area contributed by atoms with Crippen LogP contribution in [0.15, 0.2) is 0 Å². The van der Waals surface area contributed by atoms with Gasteiger partial charge in [-0.15, -0.1) is 0 Å². The number of hydrogen-bond donors (Lipinski definition) is 7. The van der Waals surface area contributed by atoms with Crippen molar-refractivity contribution in [2.75, 3.05) is 6.61 Å². The smallest absolute Gasteiger partial charge is 0.550 e. The average molecular weight is 669 g/mol. The van der Waals surface area contributed by atoms with Crippen molar-refractivity contribution >= 4 is 111 Å². The normalized spacial score (nSPS) is 12.7. The molecule has 0 saturated carbocycles. The van der Waals surface area contributed by atoms with Gasteiger partial charge in [-0.2, -0.15) is 0 Å². The molecule has 0 aliphatic heterocycles. The maximum Gasteiger partial charge on any atom is 2.00 e. The van der Waals surface area contributed by atoms with Crippen molar-refractivity contribution in [2.45, 2.75) is 61.3 Å². The number of hydrogen-bond acceptors (Lipinski definition) is 21. The molecule has 7 N–H and O–H groups in total. The van der Waals surface area contributed by atoms with E-state index in [4.69, 9.17) is 35.7 Å². The Hall–Kier alpha value is -0.691. The van der Waals surface area contributed by atoms with Crippen molar-refractivity contribution in [3.8, 4) is 0 Å². The molecule has 0 aromatic carbocycles. The Morgan fingerprint density at radius 3 is 0.907 bits per heavy atom. The maximum atomic E-state index is 10.1. The minimum atomic E-state index is -2.97. The minimum Gasteiger partial charge on any atom is -0.550 e. The number of rotatable bonds is 15. The third kappa shape index (κ3) is 26.3. The number of carboxylic acid groups (broad SMARTS) is 7. The number of carbonyl (C=O) groups excluding carboxylic acids is 7. The van der Waals surface area contributed by atoms with Crippen LogP contribution in [0.3, 0.4) is 0 Å². The van der Waals surface area contributed by atoms with E-state index in [2.05, 4.69) is 0 Å². The fraction of sp³-hybridized carbons (Fsp3) is 0.611. The summed E-state index contributed by atoms with van der Waals surface area (Å²) in [7, 11) is 0. The molecule has 4 atom stereocenters. The van der Waals surface area contributed by atoms with E-state index in [1.54, 1.807) is 0 Å². The average Bonchev–Trinajstić information content (AvgIpc) is 2.75. The van der Waals surface area contributed by atoms with Gasteiger partial charge >= 0.3 is 98.7 Å². The van der Waals surface area contributed by atoms with Gasteiger partial charge in [0.1, 0.15) is 35.6 Å². The number of carboxylic acids is 7. The zero-order valence-corrected chi connectivity index (χ0v) is 28.6. The van der Waals surface area contributed by atoms with Crippen LogP contribution < -0.4 is 65.3 Å². The van der Waals surface area contributed by atoms with E-state index in [0.717, 1.165) is 0 Å². The third-order valence-corrected chi connectivity index (χ3v) is 4.00. The van der Waals surface area contributed by atoms with Gasteiger partial charge in [-0.3, -0.25) is 0 Å². The molecule has 0 rings (SSSR count). The second kappa shape index (κ2) is 27.6. The van der Waals surface area contributed by atoms with Gasteiger partial charge in [-0.25, -0.2) is 0 Å². The Bertz CT molecular complexity index is 819. The molecule has 0 heterocycles. The van der Waals surface area contributed by atoms with Crippen LogP contribution in [0, 0.1) is 0 Å². The molecular formula is C18H21Mg3NaO21. The molecule has 0 unspecified atom stereocenters. The SMILES string of the molecule is O=C([O-])CC(O)(CC(=O)[O-])C(=O)[O-].O=C([O-])CC(O)(CC(=O)[O-])C(=O)[O-].O=C([O-])[C@H](O)[C@@H](O)[C@H](O)[C@H](O)CO.[Mg+2].[Mg+2].[Mg+2].[Na+]. The van der Waals surface area contributed by atoms with Crippen LogP contribution in [0.1, 0.15) is 25.7 Å². The molecular weight excluding hydrogens is 648 g/mol. The molecule has 0 saturated heterocycles. The summed E-state index contributed by atoms with van der Waals surface area (Å²) in [6, 6.07) is 0. The van der Waals surface area contributed by atoms with Crippen LogP contribution in [-0.4, -0.2) is 189 Å². The van der Waals surface area contributed by atoms with Crippen LogP contribution in [-0.2, 0) is 33.6 Å². The van der Waals surface area contributed by atoms with Crippen molar-refractivity contribution in [3.63, 3.8) is 0 Å². The van der Waals surface area contributed by atoms with Crippen LogP contribution >= 0.6 is 0 Å². The molecule has 21 nitrogen and oxygen atoms in total. The number of carbonyl (C=O) groups is 7. The van der Waals surface area contributed by atoms with Crippen LogP contribution in [0.5, 0.6) is 0 Å². The molecule has 0 amide bonds. The Morgan fingerprint density at radius 1 is 0.535 bits per heavy atom. The zero-order chi connectivity index (χ0) is 31.9. The van der Waals surface area contributed by atoms with Gasteiger partial charge in [-0.05, 0) is 0 Å². The second-order valence-electron chi connectivity index (χ2n) is 7.33. The molecule has 0 aromatic heterocycles. The molecule has 0 radical (unpaired) electrons. The Labute approximate surface area is 310 Å². The van der Waals surface area contributed by atoms with Gasteiger partial charge in [0, 0.05) is 49.6 Å². The first-order chi connectivity index (χ1) is 17.5. The summed E-state index contributed by atoms with van der Waals surface area (Å²) in [5.41, 5.74) is -5.95. The second-order valence-corrected chi connectivity index (χ2v) is 7.33. The summed E-state index contributed by atoms with van der Waals surface area (Å²) < 4.78 is 0. The van der Waals surface area contributed by atoms with Crippen LogP contribution in [0.25, 0.3) is 0 Å². The Morgan fingerprint density at radius 2 is 0.767 bits per heavy atom. The Kier molecular flexibility index (Phi) is 37.2. The Balaban J connectivity index is -0.0000000864. The summed E-state index contributed by atoms with van der Waals surface area (Å²) >= 11 is 0. The topological polar surface area (TPSA) is 423 Å². The van der Waals surface area contributed by atoms with Crippen LogP contribution in [0.4, 0.5) is 0 Å². The first kappa shape index (κ1) is 57.9. The van der Waals surface area contributed by atoms with E-state index < -0.39 is 110 Å². The summed E-state index contributed by atoms with van der Waals surface area (Å²) in [6.07, 6.45) is -13.5. The quantitative estimate of drug-likeness (QED) is 0.0795. The molecule has 0 bridgehead atoms. The van der Waals surface area contributed by atoms with Gasteiger partial charge in [0.2, 0.25) is 0 Å². The first-order valence-electron chi connectivity index (χ1n) is 9.68. The molecule has 25 heteroatoms. The van der Waals surface area contributed by atoms with E-state index in [1.165, 1.54) is 0 Å². The first-order valence-corrected chi connectivity index (χ1v) is 9.68. The van der Waals surface area contributed by atoms with Crippen LogP contribution in [0.2, 0.25) is 0 Å². The van der Waals surface area contributed by atoms with Crippen molar-refractivity contribution < 1.29 is 135 Å². The standard InChI is InChI=1S/2C6H8O7.C6H12O7.3Mg.Na/c2*7-3(8)1-6(13,5(11)12)2-4(9)10;7-1-2(8)3(9)4(10)5(11)6(12)13;;;;/h2*13H,1-2H2,(H,7,8)(H,9,10)(H,11,12);2-5,7-11H,1H2,(H,12,13);;;;/q;;;3*+2;+1/p-7/t;;2-,3-,4+,5-;;;;/m..1..../s1. The van der Waals surface area contributed by atoms with E-state index >= 15 is 0 Å². The van der Waals surface area contributed by atoms with Crippen molar-refractivity contribution in [2.24, 2.45) is 0 Å². The van der Waals surface area contributed by atoms with Crippen molar-refractivity contribution in [3.05, 3.63) is 0 Å². The predicted octanol–water partition coefficient (Wildman–Crippen LogP) is -19.5. The molecule has 0 aliphatic rings. The summed E-state index contributed by atoms with van der Waals surface area (Å²) in [5.74, 6) is -13.9. The third-order valence-electron chi connectivity index (χ3n) is 4.00. The number of aliphatic hydroxyl groups excluding tert-OH is 5. The molecule has 226 valence electrons. The fourth-order valence-corrected chi connectivity index (χ4v) is 2.03. The number of aliphatic hydroxyl groups is 7. The molecule has 0 spiro atoms. The number of aliphatic carboxylic acids is 7. The van der Waals surface area contributed by atoms with E-state index in [1.807, 2.05) is 0 Å². The van der Waals surface area contributed by atoms with Gasteiger partial charge in [0.25, 0.3) is 0 Å². The zero-order valence-electron chi connectivity index (χ0n) is 22.3. The van der Waals surface area contributed by atoms with Crippen molar-refractivity contribution in [1.29, 1.82) is 0 Å². The van der Waals surface area contributed by atoms with Crippen molar-refractivity contribution in [1.82, 2.24) is 0 Å². The molecule has 0 aromatic rings. The van der Waals surface area contributed by atoms with Gasteiger partial charge in [0.05, 0.1) is 24.5 Å². The summed E-state index contributed by atoms with van der Waals surface area (Å²) in [5, 5.41) is 131. The molecule has 0 aliphatic carbocycles.